The van der Waals surface area contributed by atoms with Gasteiger partial charge in [-0.15, -0.1) is 0 Å². The third kappa shape index (κ3) is 6.20. The molecule has 12 rings (SSSR count). The highest BCUT2D eigenvalue weighted by molar-refractivity contribution is 6.15. The van der Waals surface area contributed by atoms with Crippen molar-refractivity contribution in [3.8, 4) is 101 Å². The summed E-state index contributed by atoms with van der Waals surface area (Å²) in [5.74, 6) is 0.705. The molecule has 0 aliphatic heterocycles. The Labute approximate surface area is 361 Å². The van der Waals surface area contributed by atoms with Crippen LogP contribution in [0.4, 0.5) is 0 Å². The monoisotopic (exact) mass is 786 g/mol. The van der Waals surface area contributed by atoms with Gasteiger partial charge in [0, 0.05) is 16.7 Å². The van der Waals surface area contributed by atoms with E-state index in [9.17, 15) is 0 Å². The zero-order valence-corrected chi connectivity index (χ0v) is 33.8. The summed E-state index contributed by atoms with van der Waals surface area (Å²) < 4.78 is 0. The molecule has 1 aliphatic rings. The van der Waals surface area contributed by atoms with Crippen molar-refractivity contribution >= 4 is 21.5 Å². The smallest absolute Gasteiger partial charge is 0.160 e. The molecule has 1 aromatic heterocycles. The molecule has 62 heavy (non-hydrogen) atoms. The van der Waals surface area contributed by atoms with Gasteiger partial charge in [-0.25, -0.2) is 9.97 Å². The molecule has 0 amide bonds. The van der Waals surface area contributed by atoms with E-state index in [1.54, 1.807) is 0 Å². The van der Waals surface area contributed by atoms with E-state index in [1.807, 2.05) is 24.3 Å². The Morgan fingerprint density at radius 2 is 0.726 bits per heavy atom. The van der Waals surface area contributed by atoms with Gasteiger partial charge < -0.3 is 0 Å². The molecule has 10 aromatic carbocycles. The Bertz CT molecular complexity index is 3460. The topological polar surface area (TPSA) is 25.8 Å². The first-order chi connectivity index (χ1) is 30.7. The van der Waals surface area contributed by atoms with Gasteiger partial charge in [0.2, 0.25) is 0 Å². The molecule has 0 atom stereocenters. The summed E-state index contributed by atoms with van der Waals surface area (Å²) in [5.41, 5.74) is 19.7. The first-order valence-electron chi connectivity index (χ1n) is 21.2. The summed E-state index contributed by atoms with van der Waals surface area (Å²) in [7, 11) is 0. The van der Waals surface area contributed by atoms with Crippen LogP contribution >= 0.6 is 0 Å². The fourth-order valence-electron chi connectivity index (χ4n) is 9.37. The van der Waals surface area contributed by atoms with E-state index >= 15 is 0 Å². The van der Waals surface area contributed by atoms with Crippen LogP contribution in [0.3, 0.4) is 0 Å². The molecule has 2 nitrogen and oxygen atoms in total. The van der Waals surface area contributed by atoms with Gasteiger partial charge in [0.1, 0.15) is 0 Å². The molecule has 0 N–H and O–H groups in total. The van der Waals surface area contributed by atoms with Gasteiger partial charge in [-0.2, -0.15) is 0 Å². The number of hydrogen-bond acceptors (Lipinski definition) is 2. The van der Waals surface area contributed by atoms with Gasteiger partial charge in [0.05, 0.1) is 11.4 Å². The summed E-state index contributed by atoms with van der Waals surface area (Å²) in [4.78, 5) is 10.2. The summed E-state index contributed by atoms with van der Waals surface area (Å²) in [5, 5.41) is 5.10. The highest BCUT2D eigenvalue weighted by atomic mass is 14.9. The SMILES string of the molecule is c1ccc(-c2ccc(-c3cc(-c4ccc(-c5c(-c6ccc(-c7ccc8c(c7)-c7cccc9cccc-8c79)cc6)ccc6ccccc56)cc4)nc(-c4ccccc4)n3)cc2)cc1. The Kier molecular flexibility index (Phi) is 8.53. The van der Waals surface area contributed by atoms with Crippen molar-refractivity contribution in [3.05, 3.63) is 231 Å². The van der Waals surface area contributed by atoms with E-state index in [2.05, 4.69) is 206 Å². The Morgan fingerprint density at radius 1 is 0.242 bits per heavy atom. The summed E-state index contributed by atoms with van der Waals surface area (Å²) in [6.45, 7) is 0. The first kappa shape index (κ1) is 35.7. The van der Waals surface area contributed by atoms with Crippen LogP contribution in [0.1, 0.15) is 0 Å². The van der Waals surface area contributed by atoms with Crippen LogP contribution < -0.4 is 0 Å². The van der Waals surface area contributed by atoms with Crippen LogP contribution in [0.2, 0.25) is 0 Å². The third-order valence-electron chi connectivity index (χ3n) is 12.5. The lowest BCUT2D eigenvalue weighted by molar-refractivity contribution is 1.18. The average molecular weight is 787 g/mol. The molecule has 0 spiro atoms. The molecule has 0 radical (unpaired) electrons. The molecule has 0 fully saturated rings. The zero-order chi connectivity index (χ0) is 41.0. The van der Waals surface area contributed by atoms with Gasteiger partial charge >= 0.3 is 0 Å². The Balaban J connectivity index is 0.904. The van der Waals surface area contributed by atoms with Gasteiger partial charge in [0.25, 0.3) is 0 Å². The van der Waals surface area contributed by atoms with Gasteiger partial charge in [-0.1, -0.05) is 218 Å². The van der Waals surface area contributed by atoms with E-state index in [1.165, 1.54) is 82.7 Å². The lowest BCUT2D eigenvalue weighted by Gasteiger charge is -2.16. The molecule has 11 aromatic rings. The highest BCUT2D eigenvalue weighted by Crippen LogP contribution is 2.48. The van der Waals surface area contributed by atoms with Crippen molar-refractivity contribution in [2.45, 2.75) is 0 Å². The Morgan fingerprint density at radius 3 is 1.40 bits per heavy atom. The molecule has 288 valence electrons. The van der Waals surface area contributed by atoms with Crippen LogP contribution in [0.15, 0.2) is 231 Å². The van der Waals surface area contributed by atoms with Gasteiger partial charge in [0.15, 0.2) is 5.82 Å². The third-order valence-corrected chi connectivity index (χ3v) is 12.5. The number of hydrogen-bond donors (Lipinski definition) is 0. The lowest BCUT2D eigenvalue weighted by Crippen LogP contribution is -1.96. The van der Waals surface area contributed by atoms with Crippen LogP contribution in [0.5, 0.6) is 0 Å². The quantitative estimate of drug-likeness (QED) is 0.161. The van der Waals surface area contributed by atoms with Gasteiger partial charge in [-0.3, -0.25) is 0 Å². The molecular formula is C60H38N2. The minimum Gasteiger partial charge on any atom is -0.228 e. The van der Waals surface area contributed by atoms with Crippen molar-refractivity contribution in [2.24, 2.45) is 0 Å². The van der Waals surface area contributed by atoms with Crippen LogP contribution in [0.25, 0.3) is 122 Å². The van der Waals surface area contributed by atoms with Crippen molar-refractivity contribution in [1.29, 1.82) is 0 Å². The number of benzene rings is 10. The second-order valence-corrected chi connectivity index (χ2v) is 16.1. The molecule has 2 heteroatoms. The highest BCUT2D eigenvalue weighted by Gasteiger charge is 2.22. The maximum atomic E-state index is 5.14. The van der Waals surface area contributed by atoms with E-state index in [0.717, 1.165) is 33.6 Å². The van der Waals surface area contributed by atoms with Gasteiger partial charge in [-0.05, 0) is 100 Å². The average Bonchev–Trinajstić information content (AvgIpc) is 3.68. The molecule has 0 unspecified atom stereocenters. The van der Waals surface area contributed by atoms with E-state index in [0.29, 0.717) is 5.82 Å². The number of rotatable bonds is 7. The normalized spacial score (nSPS) is 11.5. The summed E-state index contributed by atoms with van der Waals surface area (Å²) in [6, 6.07) is 82.9. The molecule has 1 heterocycles. The van der Waals surface area contributed by atoms with Crippen molar-refractivity contribution in [1.82, 2.24) is 9.97 Å². The van der Waals surface area contributed by atoms with E-state index in [-0.39, 0.29) is 0 Å². The lowest BCUT2D eigenvalue weighted by atomic mass is 9.88. The van der Waals surface area contributed by atoms with E-state index in [4.69, 9.17) is 9.97 Å². The summed E-state index contributed by atoms with van der Waals surface area (Å²) in [6.07, 6.45) is 0. The number of fused-ring (bicyclic) bond motifs is 4. The molecule has 1 aliphatic carbocycles. The zero-order valence-electron chi connectivity index (χ0n) is 33.8. The molecular weight excluding hydrogens is 749 g/mol. The molecule has 0 saturated heterocycles. The largest absolute Gasteiger partial charge is 0.228 e. The molecule has 0 bridgehead atoms. The maximum Gasteiger partial charge on any atom is 0.160 e. The van der Waals surface area contributed by atoms with Crippen LogP contribution in [0, 0.1) is 0 Å². The van der Waals surface area contributed by atoms with Crippen molar-refractivity contribution in [2.75, 3.05) is 0 Å². The Hall–Kier alpha value is -8.20. The van der Waals surface area contributed by atoms with Crippen molar-refractivity contribution < 1.29 is 0 Å². The standard InChI is InChI=1S/C60H38N2/c1-3-11-39(12-4-1)40-23-27-44(28-24-40)56-38-57(62-60(61-56)48-14-5-2-6-15-48)45-29-31-47(32-30-45)58-50-18-8-7-13-42(50)33-35-51(58)43-25-21-41(22-26-43)49-34-36-52-53-19-9-16-46-17-10-20-54(59(46)53)55(52)37-49/h1-38H. The maximum absolute atomic E-state index is 5.14. The van der Waals surface area contributed by atoms with Crippen molar-refractivity contribution in [3.63, 3.8) is 0 Å². The number of nitrogens with zero attached hydrogens (tertiary/aromatic N) is 2. The predicted molar refractivity (Wildman–Crippen MR) is 260 cm³/mol. The number of aromatic nitrogens is 2. The fraction of sp³-hybridized carbons (Fsp3) is 0. The molecule has 0 saturated carbocycles. The predicted octanol–water partition coefficient (Wildman–Crippen LogP) is 16.1. The summed E-state index contributed by atoms with van der Waals surface area (Å²) >= 11 is 0. The minimum absolute atomic E-state index is 0.705. The fourth-order valence-corrected chi connectivity index (χ4v) is 9.37. The van der Waals surface area contributed by atoms with Crippen LogP contribution in [-0.2, 0) is 0 Å². The van der Waals surface area contributed by atoms with E-state index < -0.39 is 0 Å². The van der Waals surface area contributed by atoms with Crippen LogP contribution in [-0.4, -0.2) is 9.97 Å². The minimum atomic E-state index is 0.705. The second-order valence-electron chi connectivity index (χ2n) is 16.1. The second kappa shape index (κ2) is 14.8. The first-order valence-corrected chi connectivity index (χ1v) is 21.2.